The summed E-state index contributed by atoms with van der Waals surface area (Å²) in [5.74, 6) is -1.93. The Balaban J connectivity index is 3.06. The van der Waals surface area contributed by atoms with E-state index in [4.69, 9.17) is 5.11 Å². The van der Waals surface area contributed by atoms with Gasteiger partial charge in [-0.1, -0.05) is 19.1 Å². The summed E-state index contributed by atoms with van der Waals surface area (Å²) in [6.07, 6.45) is 0.248. The molecule has 5 heteroatoms. The Kier molecular flexibility index (Phi) is 3.28. The van der Waals surface area contributed by atoms with Crippen molar-refractivity contribution in [3.63, 3.8) is 0 Å². The Morgan fingerprint density at radius 1 is 1.47 bits per heavy atom. The van der Waals surface area contributed by atoms with Crippen LogP contribution >= 0.6 is 0 Å². The van der Waals surface area contributed by atoms with E-state index < -0.39 is 11.7 Å². The standard InChI is InChI=1S/C10H11NO4/c1-2-9(13)11-8-4-3-6(12)5-7(8)10(14)15/h3-5,12H,2H2,1H3,(H,11,13)(H,14,15)/p-1. The van der Waals surface area contributed by atoms with Crippen molar-refractivity contribution in [1.29, 1.82) is 0 Å². The highest BCUT2D eigenvalue weighted by molar-refractivity contribution is 6.00. The second-order valence-corrected chi connectivity index (χ2v) is 2.91. The lowest BCUT2D eigenvalue weighted by atomic mass is 10.1. The molecular formula is C10H10NO4-. The zero-order valence-corrected chi connectivity index (χ0v) is 8.11. The van der Waals surface area contributed by atoms with Gasteiger partial charge >= 0.3 is 5.97 Å². The van der Waals surface area contributed by atoms with Gasteiger partial charge in [-0.05, 0) is 6.07 Å². The van der Waals surface area contributed by atoms with Crippen molar-refractivity contribution in [2.24, 2.45) is 0 Å². The van der Waals surface area contributed by atoms with E-state index in [-0.39, 0.29) is 23.6 Å². The van der Waals surface area contributed by atoms with Crippen molar-refractivity contribution in [3.8, 4) is 5.75 Å². The lowest BCUT2D eigenvalue weighted by Crippen LogP contribution is -2.13. The number of benzene rings is 1. The zero-order chi connectivity index (χ0) is 11.4. The van der Waals surface area contributed by atoms with Crippen LogP contribution in [0.15, 0.2) is 18.2 Å². The first-order valence-electron chi connectivity index (χ1n) is 4.38. The number of carboxylic acid groups (broad SMARTS) is 1. The topological polar surface area (TPSA) is 89.5 Å². The summed E-state index contributed by atoms with van der Waals surface area (Å²) in [4.78, 5) is 21.8. The molecule has 2 N–H and O–H groups in total. The van der Waals surface area contributed by atoms with E-state index in [1.807, 2.05) is 0 Å². The second-order valence-electron chi connectivity index (χ2n) is 2.91. The van der Waals surface area contributed by atoms with E-state index in [9.17, 15) is 14.7 Å². The first-order valence-corrected chi connectivity index (χ1v) is 4.38. The van der Waals surface area contributed by atoms with Crippen LogP contribution in [-0.4, -0.2) is 17.0 Å². The van der Waals surface area contributed by atoms with Crippen LogP contribution in [0.3, 0.4) is 0 Å². The average Bonchev–Trinajstić information content (AvgIpc) is 2.20. The van der Waals surface area contributed by atoms with Crippen LogP contribution in [0.5, 0.6) is 5.75 Å². The SMILES string of the molecule is CCC(=O)Nc1ccc([O-])cc1C(=O)O. The van der Waals surface area contributed by atoms with Crippen LogP contribution in [0.1, 0.15) is 23.7 Å². The van der Waals surface area contributed by atoms with Crippen LogP contribution in [-0.2, 0) is 4.79 Å². The number of carbonyl (C=O) groups excluding carboxylic acids is 1. The van der Waals surface area contributed by atoms with Gasteiger partial charge in [-0.3, -0.25) is 4.79 Å². The van der Waals surface area contributed by atoms with E-state index >= 15 is 0 Å². The monoisotopic (exact) mass is 208 g/mol. The minimum atomic E-state index is -1.24. The predicted molar refractivity (Wildman–Crippen MR) is 51.8 cm³/mol. The second kappa shape index (κ2) is 4.45. The molecule has 0 heterocycles. The van der Waals surface area contributed by atoms with Crippen LogP contribution < -0.4 is 10.4 Å². The molecule has 0 aliphatic heterocycles. The number of anilines is 1. The number of rotatable bonds is 3. The molecule has 0 radical (unpaired) electrons. The third-order valence-electron chi connectivity index (χ3n) is 1.82. The Morgan fingerprint density at radius 3 is 2.67 bits per heavy atom. The van der Waals surface area contributed by atoms with E-state index in [2.05, 4.69) is 5.32 Å². The molecule has 80 valence electrons. The minimum absolute atomic E-state index is 0.147. The van der Waals surface area contributed by atoms with Crippen molar-refractivity contribution < 1.29 is 19.8 Å². The Bertz CT molecular complexity index is 400. The molecule has 0 aromatic heterocycles. The van der Waals surface area contributed by atoms with Gasteiger partial charge in [0.1, 0.15) is 0 Å². The molecule has 0 aliphatic carbocycles. The molecule has 0 fully saturated rings. The molecule has 0 bridgehead atoms. The van der Waals surface area contributed by atoms with Crippen molar-refractivity contribution in [1.82, 2.24) is 0 Å². The summed E-state index contributed by atoms with van der Waals surface area (Å²) in [5.41, 5.74) is -0.0433. The van der Waals surface area contributed by atoms with E-state index in [0.29, 0.717) is 0 Å². The minimum Gasteiger partial charge on any atom is -0.872 e. The number of carboxylic acids is 1. The summed E-state index contributed by atoms with van der Waals surface area (Å²) in [6, 6.07) is 3.48. The van der Waals surface area contributed by atoms with Crippen LogP contribution in [0.25, 0.3) is 0 Å². The molecule has 0 atom stereocenters. The first kappa shape index (κ1) is 11.0. The fourth-order valence-corrected chi connectivity index (χ4v) is 1.05. The first-order chi connectivity index (χ1) is 7.04. The molecule has 0 spiro atoms. The summed E-state index contributed by atoms with van der Waals surface area (Å²) in [7, 11) is 0. The van der Waals surface area contributed by atoms with Gasteiger partial charge in [0, 0.05) is 6.42 Å². The van der Waals surface area contributed by atoms with Crippen molar-refractivity contribution in [2.75, 3.05) is 5.32 Å². The smallest absolute Gasteiger partial charge is 0.337 e. The van der Waals surface area contributed by atoms with E-state index in [1.165, 1.54) is 12.1 Å². The summed E-state index contributed by atoms with van der Waals surface area (Å²) >= 11 is 0. The molecule has 0 saturated heterocycles. The van der Waals surface area contributed by atoms with Gasteiger partial charge in [0.2, 0.25) is 5.91 Å². The number of hydrogen-bond acceptors (Lipinski definition) is 3. The third kappa shape index (κ3) is 2.70. The van der Waals surface area contributed by atoms with Gasteiger partial charge in [-0.2, -0.15) is 0 Å². The van der Waals surface area contributed by atoms with Crippen molar-refractivity contribution in [2.45, 2.75) is 13.3 Å². The fourth-order valence-electron chi connectivity index (χ4n) is 1.05. The maximum atomic E-state index is 11.1. The molecule has 1 aromatic rings. The predicted octanol–water partition coefficient (Wildman–Crippen LogP) is 0.807. The molecular weight excluding hydrogens is 198 g/mol. The fraction of sp³-hybridized carbons (Fsp3) is 0.200. The molecule has 0 aliphatic rings. The highest BCUT2D eigenvalue weighted by Crippen LogP contribution is 2.19. The average molecular weight is 208 g/mol. The summed E-state index contributed by atoms with van der Waals surface area (Å²) in [6.45, 7) is 1.65. The number of nitrogens with one attached hydrogen (secondary N) is 1. The number of amides is 1. The van der Waals surface area contributed by atoms with E-state index in [1.54, 1.807) is 6.92 Å². The Hall–Kier alpha value is -2.04. The lowest BCUT2D eigenvalue weighted by molar-refractivity contribution is -0.268. The van der Waals surface area contributed by atoms with Crippen molar-refractivity contribution in [3.05, 3.63) is 23.8 Å². The van der Waals surface area contributed by atoms with Gasteiger partial charge < -0.3 is 15.5 Å². The van der Waals surface area contributed by atoms with Gasteiger partial charge in [-0.15, -0.1) is 5.75 Å². The Labute approximate surface area is 86.4 Å². The molecule has 1 rings (SSSR count). The molecule has 1 aromatic carbocycles. The maximum Gasteiger partial charge on any atom is 0.337 e. The molecule has 1 amide bonds. The molecule has 5 nitrogen and oxygen atoms in total. The highest BCUT2D eigenvalue weighted by Gasteiger charge is 2.10. The van der Waals surface area contributed by atoms with E-state index in [0.717, 1.165) is 6.07 Å². The summed E-state index contributed by atoms with van der Waals surface area (Å²) in [5, 5.41) is 22.1. The van der Waals surface area contributed by atoms with Gasteiger partial charge in [0.25, 0.3) is 0 Å². The van der Waals surface area contributed by atoms with Gasteiger partial charge in [0.05, 0.1) is 11.3 Å². The van der Waals surface area contributed by atoms with Crippen LogP contribution in [0.4, 0.5) is 5.69 Å². The molecule has 15 heavy (non-hydrogen) atoms. The Morgan fingerprint density at radius 2 is 2.13 bits per heavy atom. The molecule has 0 unspecified atom stereocenters. The van der Waals surface area contributed by atoms with Crippen molar-refractivity contribution >= 4 is 17.6 Å². The van der Waals surface area contributed by atoms with Gasteiger partial charge in [0.15, 0.2) is 0 Å². The normalized spacial score (nSPS) is 9.67. The highest BCUT2D eigenvalue weighted by atomic mass is 16.4. The summed E-state index contributed by atoms with van der Waals surface area (Å²) < 4.78 is 0. The maximum absolute atomic E-state index is 11.1. The number of carbonyl (C=O) groups is 2. The lowest BCUT2D eigenvalue weighted by Gasteiger charge is -2.11. The molecule has 0 saturated carbocycles. The van der Waals surface area contributed by atoms with Gasteiger partial charge in [-0.25, -0.2) is 4.79 Å². The zero-order valence-electron chi connectivity index (χ0n) is 8.11. The largest absolute Gasteiger partial charge is 0.872 e. The van der Waals surface area contributed by atoms with Crippen LogP contribution in [0.2, 0.25) is 0 Å². The third-order valence-corrected chi connectivity index (χ3v) is 1.82. The quantitative estimate of drug-likeness (QED) is 0.769. The number of aromatic carboxylic acids is 1. The number of hydrogen-bond donors (Lipinski definition) is 2. The van der Waals surface area contributed by atoms with Crippen LogP contribution in [0, 0.1) is 0 Å².